The molecule has 0 bridgehead atoms. The second kappa shape index (κ2) is 9.25. The van der Waals surface area contributed by atoms with E-state index in [0.29, 0.717) is 16.5 Å². The summed E-state index contributed by atoms with van der Waals surface area (Å²) < 4.78 is 10.7. The van der Waals surface area contributed by atoms with Gasteiger partial charge in [0.1, 0.15) is 5.75 Å². The summed E-state index contributed by atoms with van der Waals surface area (Å²) in [6, 6.07) is 14.3. The van der Waals surface area contributed by atoms with Crippen molar-refractivity contribution in [3.05, 3.63) is 59.1 Å². The molecular weight excluding hydrogens is 354 g/mol. The Morgan fingerprint density at radius 2 is 1.69 bits per heavy atom. The lowest BCUT2D eigenvalue weighted by molar-refractivity contribution is -0.155. The summed E-state index contributed by atoms with van der Waals surface area (Å²) >= 11 is 5.99. The quantitative estimate of drug-likeness (QED) is 0.728. The molecule has 0 heterocycles. The van der Waals surface area contributed by atoms with E-state index >= 15 is 0 Å². The number of hydrogen-bond acceptors (Lipinski definition) is 4. The summed E-state index contributed by atoms with van der Waals surface area (Å²) in [5.41, 5.74) is 1.47. The third-order valence-corrected chi connectivity index (χ3v) is 4.03. The van der Waals surface area contributed by atoms with E-state index in [9.17, 15) is 9.59 Å². The summed E-state index contributed by atoms with van der Waals surface area (Å²) in [6.45, 7) is 5.31. The van der Waals surface area contributed by atoms with Crippen LogP contribution in [0.4, 0.5) is 5.69 Å². The summed E-state index contributed by atoms with van der Waals surface area (Å²) in [7, 11) is 0. The average molecular weight is 376 g/mol. The van der Waals surface area contributed by atoms with Crippen LogP contribution in [0.5, 0.6) is 5.75 Å². The molecule has 5 nitrogen and oxygen atoms in total. The van der Waals surface area contributed by atoms with Gasteiger partial charge in [-0.2, -0.15) is 0 Å². The van der Waals surface area contributed by atoms with E-state index in [0.717, 1.165) is 5.56 Å². The topological polar surface area (TPSA) is 64.6 Å². The van der Waals surface area contributed by atoms with Crippen molar-refractivity contribution in [2.24, 2.45) is 0 Å². The average Bonchev–Trinajstić information content (AvgIpc) is 2.62. The van der Waals surface area contributed by atoms with Gasteiger partial charge in [-0.3, -0.25) is 4.79 Å². The van der Waals surface area contributed by atoms with Gasteiger partial charge in [0.05, 0.1) is 10.7 Å². The zero-order valence-electron chi connectivity index (χ0n) is 15.0. The van der Waals surface area contributed by atoms with Gasteiger partial charge in [0.25, 0.3) is 5.91 Å². The predicted octanol–water partition coefficient (Wildman–Crippen LogP) is 4.41. The number of carbonyl (C=O) groups excluding carboxylic acids is 2. The van der Waals surface area contributed by atoms with E-state index in [-0.39, 0.29) is 12.5 Å². The molecule has 2 rings (SSSR count). The van der Waals surface area contributed by atoms with E-state index in [4.69, 9.17) is 21.1 Å². The smallest absolute Gasteiger partial charge is 0.344 e. The number of anilines is 1. The number of esters is 1. The third kappa shape index (κ3) is 5.49. The van der Waals surface area contributed by atoms with E-state index in [1.807, 2.05) is 32.0 Å². The molecule has 0 aromatic heterocycles. The third-order valence-electron chi connectivity index (χ3n) is 3.70. The number of hydrogen-bond donors (Lipinski definition) is 1. The fraction of sp³-hybridized carbons (Fsp3) is 0.300. The Morgan fingerprint density at radius 3 is 2.38 bits per heavy atom. The second-order valence-electron chi connectivity index (χ2n) is 6.08. The molecule has 0 aliphatic rings. The Hall–Kier alpha value is -2.53. The van der Waals surface area contributed by atoms with E-state index in [2.05, 4.69) is 5.32 Å². The Balaban J connectivity index is 1.87. The Labute approximate surface area is 158 Å². The molecule has 138 valence electrons. The Kier molecular flexibility index (Phi) is 7.04. The molecule has 0 saturated heterocycles. The van der Waals surface area contributed by atoms with Gasteiger partial charge < -0.3 is 14.8 Å². The number of para-hydroxylation sites is 2. The lowest BCUT2D eigenvalue weighted by Crippen LogP contribution is -2.31. The normalized spacial score (nSPS) is 11.7. The lowest BCUT2D eigenvalue weighted by atomic mass is 10.0. The van der Waals surface area contributed by atoms with Crippen molar-refractivity contribution in [2.45, 2.75) is 32.8 Å². The van der Waals surface area contributed by atoms with Crippen molar-refractivity contribution >= 4 is 29.2 Å². The Bertz CT molecular complexity index is 776. The van der Waals surface area contributed by atoms with Crippen LogP contribution >= 0.6 is 11.6 Å². The van der Waals surface area contributed by atoms with Crippen molar-refractivity contribution in [1.82, 2.24) is 0 Å². The van der Waals surface area contributed by atoms with E-state index < -0.39 is 18.0 Å². The number of halogens is 1. The monoisotopic (exact) mass is 375 g/mol. The van der Waals surface area contributed by atoms with Crippen molar-refractivity contribution in [2.75, 3.05) is 11.9 Å². The first-order valence-electron chi connectivity index (χ1n) is 8.35. The predicted molar refractivity (Wildman–Crippen MR) is 102 cm³/mol. The minimum absolute atomic E-state index is 0.266. The Morgan fingerprint density at radius 1 is 1.04 bits per heavy atom. The SMILES string of the molecule is CC(C)c1ccccc1OCC(=O)O[C@H](C)C(=O)Nc1ccccc1Cl. The number of rotatable bonds is 7. The maximum atomic E-state index is 12.1. The van der Waals surface area contributed by atoms with Gasteiger partial charge in [-0.15, -0.1) is 0 Å². The van der Waals surface area contributed by atoms with Crippen molar-refractivity contribution < 1.29 is 19.1 Å². The molecule has 2 aromatic carbocycles. The first-order chi connectivity index (χ1) is 12.4. The highest BCUT2D eigenvalue weighted by atomic mass is 35.5. The second-order valence-corrected chi connectivity index (χ2v) is 6.49. The van der Waals surface area contributed by atoms with Gasteiger partial charge in [-0.25, -0.2) is 4.79 Å². The summed E-state index contributed by atoms with van der Waals surface area (Å²) in [5, 5.41) is 3.03. The van der Waals surface area contributed by atoms with Crippen LogP contribution in [-0.4, -0.2) is 24.6 Å². The standard InChI is InChI=1S/C20H22ClNO4/c1-13(2)15-8-4-7-11-18(15)25-12-19(23)26-14(3)20(24)22-17-10-6-5-9-16(17)21/h4-11,13-14H,12H2,1-3H3,(H,22,24)/t14-/m1/s1. The van der Waals surface area contributed by atoms with E-state index in [1.165, 1.54) is 6.92 Å². The fourth-order valence-corrected chi connectivity index (χ4v) is 2.49. The number of carbonyl (C=O) groups is 2. The molecule has 1 amide bonds. The van der Waals surface area contributed by atoms with Crippen molar-refractivity contribution in [3.63, 3.8) is 0 Å². The molecule has 1 N–H and O–H groups in total. The number of benzene rings is 2. The van der Waals surface area contributed by atoms with Gasteiger partial charge in [0.15, 0.2) is 12.7 Å². The molecule has 1 atom stereocenters. The van der Waals surface area contributed by atoms with Gasteiger partial charge >= 0.3 is 5.97 Å². The highest BCUT2D eigenvalue weighted by molar-refractivity contribution is 6.33. The van der Waals surface area contributed by atoms with Crippen LogP contribution in [0.1, 0.15) is 32.3 Å². The van der Waals surface area contributed by atoms with Crippen LogP contribution < -0.4 is 10.1 Å². The number of nitrogens with one attached hydrogen (secondary N) is 1. The minimum Gasteiger partial charge on any atom is -0.482 e. The number of amides is 1. The van der Waals surface area contributed by atoms with Crippen LogP contribution in [0.15, 0.2) is 48.5 Å². The first kappa shape index (κ1) is 19.8. The molecule has 2 aromatic rings. The van der Waals surface area contributed by atoms with E-state index in [1.54, 1.807) is 30.3 Å². The molecule has 0 fully saturated rings. The maximum Gasteiger partial charge on any atom is 0.344 e. The van der Waals surface area contributed by atoms with Crippen LogP contribution in [0.2, 0.25) is 5.02 Å². The van der Waals surface area contributed by atoms with Crippen LogP contribution in [0.25, 0.3) is 0 Å². The molecule has 0 spiro atoms. The molecule has 0 saturated carbocycles. The lowest BCUT2D eigenvalue weighted by Gasteiger charge is -2.16. The summed E-state index contributed by atoms with van der Waals surface area (Å²) in [6.07, 6.45) is -0.970. The highest BCUT2D eigenvalue weighted by Gasteiger charge is 2.19. The molecule has 0 radical (unpaired) electrons. The van der Waals surface area contributed by atoms with Crippen molar-refractivity contribution in [3.8, 4) is 5.75 Å². The zero-order valence-corrected chi connectivity index (χ0v) is 15.7. The van der Waals surface area contributed by atoms with Crippen LogP contribution in [0.3, 0.4) is 0 Å². The highest BCUT2D eigenvalue weighted by Crippen LogP contribution is 2.25. The fourth-order valence-electron chi connectivity index (χ4n) is 2.31. The van der Waals surface area contributed by atoms with Crippen LogP contribution in [0, 0.1) is 0 Å². The van der Waals surface area contributed by atoms with Crippen LogP contribution in [-0.2, 0) is 14.3 Å². The maximum absolute atomic E-state index is 12.1. The minimum atomic E-state index is -0.970. The number of ether oxygens (including phenoxy) is 2. The molecule has 0 aliphatic heterocycles. The van der Waals surface area contributed by atoms with Gasteiger partial charge in [0.2, 0.25) is 0 Å². The summed E-state index contributed by atoms with van der Waals surface area (Å²) in [4.78, 5) is 24.1. The molecule has 0 unspecified atom stereocenters. The molecular formula is C20H22ClNO4. The van der Waals surface area contributed by atoms with Crippen molar-refractivity contribution in [1.29, 1.82) is 0 Å². The summed E-state index contributed by atoms with van der Waals surface area (Å²) in [5.74, 6) is -0.186. The molecule has 6 heteroatoms. The van der Waals surface area contributed by atoms with Gasteiger partial charge in [0, 0.05) is 0 Å². The van der Waals surface area contributed by atoms with Gasteiger partial charge in [-0.1, -0.05) is 55.8 Å². The molecule has 0 aliphatic carbocycles. The zero-order chi connectivity index (χ0) is 19.1. The van der Waals surface area contributed by atoms with Gasteiger partial charge in [-0.05, 0) is 36.6 Å². The molecule has 26 heavy (non-hydrogen) atoms. The largest absolute Gasteiger partial charge is 0.482 e. The first-order valence-corrected chi connectivity index (χ1v) is 8.73.